The van der Waals surface area contributed by atoms with E-state index in [9.17, 15) is 4.79 Å². The van der Waals surface area contributed by atoms with Gasteiger partial charge in [-0.05, 0) is 24.8 Å². The molecular weight excluding hydrogens is 228 g/mol. The molecule has 0 bridgehead atoms. The number of likely N-dealkylation sites (tertiary alicyclic amines) is 1. The first kappa shape index (κ1) is 11.2. The second-order valence-corrected chi connectivity index (χ2v) is 4.94. The van der Waals surface area contributed by atoms with E-state index in [1.807, 2.05) is 4.90 Å². The first-order chi connectivity index (χ1) is 8.75. The maximum Gasteiger partial charge on any atom is 0.259 e. The molecule has 3 heterocycles. The molecule has 0 aliphatic carbocycles. The quantitative estimate of drug-likeness (QED) is 0.765. The number of hydrogen-bond acceptors (Lipinski definition) is 3. The van der Waals surface area contributed by atoms with E-state index in [2.05, 4.69) is 17.0 Å². The van der Waals surface area contributed by atoms with E-state index in [-0.39, 0.29) is 5.91 Å². The van der Waals surface area contributed by atoms with E-state index in [4.69, 9.17) is 0 Å². The lowest BCUT2D eigenvalue weighted by molar-refractivity contribution is 0.0685. The van der Waals surface area contributed by atoms with Crippen LogP contribution < -0.4 is 0 Å². The molecule has 1 amide bonds. The van der Waals surface area contributed by atoms with Gasteiger partial charge < -0.3 is 4.90 Å². The molecule has 2 aromatic rings. The highest BCUT2D eigenvalue weighted by Crippen LogP contribution is 2.19. The summed E-state index contributed by atoms with van der Waals surface area (Å²) in [6.07, 6.45) is 7.39. The largest absolute Gasteiger partial charge is 0.338 e. The summed E-state index contributed by atoms with van der Waals surface area (Å²) in [5.74, 6) is 0.632. The van der Waals surface area contributed by atoms with Gasteiger partial charge in [-0.1, -0.05) is 6.92 Å². The van der Waals surface area contributed by atoms with Gasteiger partial charge in [-0.2, -0.15) is 5.10 Å². The van der Waals surface area contributed by atoms with Crippen LogP contribution in [0.3, 0.4) is 0 Å². The number of aromatic nitrogens is 3. The van der Waals surface area contributed by atoms with Gasteiger partial charge in [-0.25, -0.2) is 9.50 Å². The summed E-state index contributed by atoms with van der Waals surface area (Å²) in [4.78, 5) is 18.6. The molecule has 0 aromatic carbocycles. The summed E-state index contributed by atoms with van der Waals surface area (Å²) in [6.45, 7) is 3.87. The van der Waals surface area contributed by atoms with Crippen LogP contribution in [0.25, 0.3) is 5.65 Å². The molecule has 5 heteroatoms. The lowest BCUT2D eigenvalue weighted by Crippen LogP contribution is -2.39. The molecule has 1 fully saturated rings. The van der Waals surface area contributed by atoms with E-state index >= 15 is 0 Å². The van der Waals surface area contributed by atoms with E-state index in [1.165, 1.54) is 6.42 Å². The number of fused-ring (bicyclic) bond motifs is 1. The molecule has 0 unspecified atom stereocenters. The van der Waals surface area contributed by atoms with Crippen molar-refractivity contribution in [2.45, 2.75) is 19.8 Å². The monoisotopic (exact) mass is 244 g/mol. The molecular formula is C13H16N4O. The average molecular weight is 244 g/mol. The molecule has 1 saturated heterocycles. The number of amides is 1. The fourth-order valence-electron chi connectivity index (χ4n) is 2.52. The number of piperidine rings is 1. The Morgan fingerprint density at radius 3 is 3.22 bits per heavy atom. The molecule has 0 saturated carbocycles. The van der Waals surface area contributed by atoms with Gasteiger partial charge in [-0.3, -0.25) is 4.79 Å². The molecule has 0 spiro atoms. The van der Waals surface area contributed by atoms with E-state index in [0.717, 1.165) is 19.5 Å². The Kier molecular flexibility index (Phi) is 2.74. The van der Waals surface area contributed by atoms with Gasteiger partial charge in [0.1, 0.15) is 5.56 Å². The van der Waals surface area contributed by atoms with Crippen LogP contribution in [0.5, 0.6) is 0 Å². The highest BCUT2D eigenvalue weighted by Gasteiger charge is 2.24. The molecule has 18 heavy (non-hydrogen) atoms. The van der Waals surface area contributed by atoms with Gasteiger partial charge >= 0.3 is 0 Å². The Bertz CT molecular complexity index is 577. The number of carbonyl (C=O) groups excluding carboxylic acids is 1. The van der Waals surface area contributed by atoms with Crippen molar-refractivity contribution < 1.29 is 4.79 Å². The molecule has 2 aromatic heterocycles. The van der Waals surface area contributed by atoms with E-state index in [1.54, 1.807) is 29.2 Å². The SMILES string of the molecule is C[C@@H]1CCCN(C(=O)c2cnn3cccnc23)C1. The van der Waals surface area contributed by atoms with Crippen LogP contribution in [0.2, 0.25) is 0 Å². The first-order valence-electron chi connectivity index (χ1n) is 6.33. The summed E-state index contributed by atoms with van der Waals surface area (Å²) in [7, 11) is 0. The van der Waals surface area contributed by atoms with Gasteiger partial charge in [0.15, 0.2) is 5.65 Å². The fraction of sp³-hybridized carbons (Fsp3) is 0.462. The van der Waals surface area contributed by atoms with Gasteiger partial charge in [0, 0.05) is 25.5 Å². The Balaban J connectivity index is 1.92. The summed E-state index contributed by atoms with van der Waals surface area (Å²) in [5.41, 5.74) is 1.24. The first-order valence-corrected chi connectivity index (χ1v) is 6.33. The molecule has 5 nitrogen and oxygen atoms in total. The smallest absolute Gasteiger partial charge is 0.259 e. The van der Waals surface area contributed by atoms with Crippen LogP contribution in [-0.4, -0.2) is 38.5 Å². The zero-order chi connectivity index (χ0) is 12.5. The van der Waals surface area contributed by atoms with Crippen molar-refractivity contribution in [2.75, 3.05) is 13.1 Å². The zero-order valence-electron chi connectivity index (χ0n) is 10.4. The fourth-order valence-corrected chi connectivity index (χ4v) is 2.52. The molecule has 94 valence electrons. The Morgan fingerprint density at radius 2 is 2.39 bits per heavy atom. The lowest BCUT2D eigenvalue weighted by atomic mass is 10.00. The summed E-state index contributed by atoms with van der Waals surface area (Å²) < 4.78 is 1.64. The van der Waals surface area contributed by atoms with Crippen LogP contribution in [0.1, 0.15) is 30.1 Å². The Hall–Kier alpha value is -1.91. The van der Waals surface area contributed by atoms with Crippen molar-refractivity contribution >= 4 is 11.6 Å². The second kappa shape index (κ2) is 4.40. The Labute approximate surface area is 105 Å². The standard InChI is InChI=1S/C13H16N4O/c1-10-4-2-6-16(9-10)13(18)11-8-15-17-7-3-5-14-12(11)17/h3,5,7-8,10H,2,4,6,9H2,1H3/t10-/m1/s1. The minimum absolute atomic E-state index is 0.0512. The van der Waals surface area contributed by atoms with Crippen molar-refractivity contribution in [3.8, 4) is 0 Å². The van der Waals surface area contributed by atoms with Crippen LogP contribution in [-0.2, 0) is 0 Å². The average Bonchev–Trinajstić information content (AvgIpc) is 2.82. The van der Waals surface area contributed by atoms with Crippen LogP contribution in [0.4, 0.5) is 0 Å². The third kappa shape index (κ3) is 1.85. The topological polar surface area (TPSA) is 50.5 Å². The van der Waals surface area contributed by atoms with Crippen molar-refractivity contribution in [1.82, 2.24) is 19.5 Å². The predicted octanol–water partition coefficient (Wildman–Crippen LogP) is 1.60. The van der Waals surface area contributed by atoms with Gasteiger partial charge in [0.25, 0.3) is 5.91 Å². The van der Waals surface area contributed by atoms with Crippen LogP contribution >= 0.6 is 0 Å². The molecule has 1 aliphatic rings. The number of rotatable bonds is 1. The second-order valence-electron chi connectivity index (χ2n) is 4.94. The third-order valence-corrected chi connectivity index (χ3v) is 3.45. The molecule has 0 N–H and O–H groups in total. The van der Waals surface area contributed by atoms with Crippen molar-refractivity contribution in [2.24, 2.45) is 5.92 Å². The maximum absolute atomic E-state index is 12.5. The van der Waals surface area contributed by atoms with Crippen molar-refractivity contribution in [3.63, 3.8) is 0 Å². The molecule has 0 radical (unpaired) electrons. The predicted molar refractivity (Wildman–Crippen MR) is 67.3 cm³/mol. The highest BCUT2D eigenvalue weighted by atomic mass is 16.2. The van der Waals surface area contributed by atoms with Crippen LogP contribution in [0.15, 0.2) is 24.7 Å². The highest BCUT2D eigenvalue weighted by molar-refractivity contribution is 5.99. The van der Waals surface area contributed by atoms with Gasteiger partial charge in [0.05, 0.1) is 6.20 Å². The molecule has 1 aliphatic heterocycles. The van der Waals surface area contributed by atoms with Crippen molar-refractivity contribution in [3.05, 3.63) is 30.2 Å². The van der Waals surface area contributed by atoms with Crippen LogP contribution in [0, 0.1) is 5.92 Å². The number of hydrogen-bond donors (Lipinski definition) is 0. The lowest BCUT2D eigenvalue weighted by Gasteiger charge is -2.30. The van der Waals surface area contributed by atoms with Gasteiger partial charge in [-0.15, -0.1) is 0 Å². The van der Waals surface area contributed by atoms with E-state index in [0.29, 0.717) is 17.1 Å². The van der Waals surface area contributed by atoms with Crippen molar-refractivity contribution in [1.29, 1.82) is 0 Å². The summed E-state index contributed by atoms with van der Waals surface area (Å²) >= 11 is 0. The number of carbonyl (C=O) groups is 1. The zero-order valence-corrected chi connectivity index (χ0v) is 10.4. The minimum Gasteiger partial charge on any atom is -0.338 e. The maximum atomic E-state index is 12.5. The normalized spacial score (nSPS) is 20.3. The van der Waals surface area contributed by atoms with E-state index < -0.39 is 0 Å². The summed E-state index contributed by atoms with van der Waals surface area (Å²) in [5, 5.41) is 4.16. The number of nitrogens with zero attached hydrogens (tertiary/aromatic N) is 4. The molecule has 3 rings (SSSR count). The van der Waals surface area contributed by atoms with Gasteiger partial charge in [0.2, 0.25) is 0 Å². The summed E-state index contributed by atoms with van der Waals surface area (Å²) in [6, 6.07) is 1.80. The minimum atomic E-state index is 0.0512. The Morgan fingerprint density at radius 1 is 1.50 bits per heavy atom. The molecule has 1 atom stereocenters. The third-order valence-electron chi connectivity index (χ3n) is 3.45.